The monoisotopic (exact) mass is 304 g/mol. The van der Waals surface area contributed by atoms with Gasteiger partial charge in [-0.3, -0.25) is 14.9 Å². The molecule has 2 rings (SSSR count). The van der Waals surface area contributed by atoms with Crippen LogP contribution in [0, 0.1) is 17.0 Å². The minimum atomic E-state index is -0.555. The highest BCUT2D eigenvalue weighted by Gasteiger charge is 2.33. The van der Waals surface area contributed by atoms with E-state index in [9.17, 15) is 19.7 Å². The van der Waals surface area contributed by atoms with E-state index < -0.39 is 16.8 Å². The molecule has 1 aliphatic rings. The molecule has 1 aromatic carbocycles. The van der Waals surface area contributed by atoms with Gasteiger partial charge in [-0.15, -0.1) is 0 Å². The number of nitro benzene ring substituents is 1. The number of hydrogen-bond acceptors (Lipinski definition) is 5. The van der Waals surface area contributed by atoms with Crippen LogP contribution in [0.4, 0.5) is 5.69 Å². The number of aryl methyl sites for hydroxylation is 1. The molecule has 22 heavy (non-hydrogen) atoms. The van der Waals surface area contributed by atoms with E-state index in [-0.39, 0.29) is 18.0 Å². The summed E-state index contributed by atoms with van der Waals surface area (Å²) in [6.07, 6.45) is 0.0436. The molecule has 1 atom stereocenters. The molecule has 0 aliphatic carbocycles. The van der Waals surface area contributed by atoms with Gasteiger partial charge in [-0.05, 0) is 19.4 Å². The number of nitro groups is 1. The maximum atomic E-state index is 12.0. The molecule has 1 amide bonds. The van der Waals surface area contributed by atoms with Crippen LogP contribution in [-0.2, 0) is 14.3 Å². The molecule has 0 fully saturated rings. The van der Waals surface area contributed by atoms with Crippen LogP contribution in [0.5, 0.6) is 0 Å². The highest BCUT2D eigenvalue weighted by Crippen LogP contribution is 2.35. The van der Waals surface area contributed by atoms with Gasteiger partial charge in [0.1, 0.15) is 0 Å². The smallest absolute Gasteiger partial charge is 0.336 e. The van der Waals surface area contributed by atoms with E-state index in [2.05, 4.69) is 5.32 Å². The number of hydrogen-bond donors (Lipinski definition) is 1. The summed E-state index contributed by atoms with van der Waals surface area (Å²) >= 11 is 0. The molecule has 0 saturated carbocycles. The molecule has 7 heteroatoms. The lowest BCUT2D eigenvalue weighted by molar-refractivity contribution is -0.385. The highest BCUT2D eigenvalue weighted by molar-refractivity contribution is 5.95. The van der Waals surface area contributed by atoms with Gasteiger partial charge in [0.15, 0.2) is 0 Å². The second kappa shape index (κ2) is 5.97. The quantitative estimate of drug-likeness (QED) is 0.523. The van der Waals surface area contributed by atoms with Crippen molar-refractivity contribution in [3.63, 3.8) is 0 Å². The number of esters is 1. The van der Waals surface area contributed by atoms with Crippen molar-refractivity contribution < 1.29 is 19.2 Å². The number of allylic oxidation sites excluding steroid dienone is 1. The molecule has 1 aromatic rings. The molecule has 7 nitrogen and oxygen atoms in total. The Labute approximate surface area is 127 Å². The fraction of sp³-hybridized carbons (Fsp3) is 0.333. The highest BCUT2D eigenvalue weighted by atomic mass is 16.6. The van der Waals surface area contributed by atoms with E-state index >= 15 is 0 Å². The summed E-state index contributed by atoms with van der Waals surface area (Å²) in [6, 6.07) is 4.72. The predicted molar refractivity (Wildman–Crippen MR) is 78.1 cm³/mol. The van der Waals surface area contributed by atoms with Gasteiger partial charge in [-0.2, -0.15) is 0 Å². The van der Waals surface area contributed by atoms with Gasteiger partial charge in [0.05, 0.1) is 17.6 Å². The van der Waals surface area contributed by atoms with Crippen molar-refractivity contribution in [2.75, 3.05) is 7.11 Å². The third-order valence-electron chi connectivity index (χ3n) is 3.71. The van der Waals surface area contributed by atoms with Crippen molar-refractivity contribution in [3.05, 3.63) is 50.7 Å². The number of rotatable bonds is 3. The molecule has 0 bridgehead atoms. The Kier molecular flexibility index (Phi) is 4.25. The van der Waals surface area contributed by atoms with Crippen LogP contribution in [-0.4, -0.2) is 23.9 Å². The molecule has 1 unspecified atom stereocenters. The lowest BCUT2D eigenvalue weighted by Gasteiger charge is -2.26. The summed E-state index contributed by atoms with van der Waals surface area (Å²) in [6.45, 7) is 3.25. The number of carbonyl (C=O) groups excluding carboxylic acids is 2. The van der Waals surface area contributed by atoms with E-state index in [0.29, 0.717) is 22.4 Å². The summed E-state index contributed by atoms with van der Waals surface area (Å²) in [4.78, 5) is 34.4. The maximum Gasteiger partial charge on any atom is 0.336 e. The number of nitrogens with one attached hydrogen (secondary N) is 1. The van der Waals surface area contributed by atoms with Crippen LogP contribution in [0.15, 0.2) is 29.5 Å². The minimum absolute atomic E-state index is 0.0367. The first-order valence-corrected chi connectivity index (χ1v) is 6.69. The van der Waals surface area contributed by atoms with Crippen molar-refractivity contribution in [3.8, 4) is 0 Å². The van der Waals surface area contributed by atoms with Crippen molar-refractivity contribution in [1.82, 2.24) is 5.32 Å². The van der Waals surface area contributed by atoms with Crippen LogP contribution in [0.3, 0.4) is 0 Å². The molecule has 0 radical (unpaired) electrons. The number of carbonyl (C=O) groups is 2. The molecule has 1 heterocycles. The number of amides is 1. The Morgan fingerprint density at radius 1 is 1.41 bits per heavy atom. The molecule has 0 spiro atoms. The van der Waals surface area contributed by atoms with Crippen molar-refractivity contribution >= 4 is 17.6 Å². The van der Waals surface area contributed by atoms with Gasteiger partial charge in [0.2, 0.25) is 5.91 Å². The summed E-state index contributed by atoms with van der Waals surface area (Å²) in [5.74, 6) is -1.34. The largest absolute Gasteiger partial charge is 0.466 e. The van der Waals surface area contributed by atoms with Crippen molar-refractivity contribution in [2.24, 2.45) is 0 Å². The number of benzene rings is 1. The summed E-state index contributed by atoms with van der Waals surface area (Å²) < 4.78 is 4.77. The van der Waals surface area contributed by atoms with E-state index in [1.807, 2.05) is 0 Å². The van der Waals surface area contributed by atoms with E-state index in [0.717, 1.165) is 0 Å². The number of ether oxygens (including phenoxy) is 1. The Morgan fingerprint density at radius 3 is 2.68 bits per heavy atom. The summed E-state index contributed by atoms with van der Waals surface area (Å²) in [7, 11) is 1.26. The second-order valence-corrected chi connectivity index (χ2v) is 5.14. The normalized spacial score (nSPS) is 18.0. The van der Waals surface area contributed by atoms with Crippen molar-refractivity contribution in [2.45, 2.75) is 26.2 Å². The molecular weight excluding hydrogens is 288 g/mol. The second-order valence-electron chi connectivity index (χ2n) is 5.14. The zero-order valence-corrected chi connectivity index (χ0v) is 12.5. The number of nitrogens with zero attached hydrogens (tertiary/aromatic N) is 1. The topological polar surface area (TPSA) is 98.5 Å². The fourth-order valence-corrected chi connectivity index (χ4v) is 2.61. The van der Waals surface area contributed by atoms with E-state index in [1.165, 1.54) is 13.2 Å². The van der Waals surface area contributed by atoms with E-state index in [4.69, 9.17) is 4.74 Å². The first kappa shape index (κ1) is 15.7. The predicted octanol–water partition coefficient (Wildman–Crippen LogP) is 1.95. The Balaban J connectivity index is 2.55. The maximum absolute atomic E-state index is 12.0. The Hall–Kier alpha value is -2.70. The average Bonchev–Trinajstić information content (AvgIpc) is 2.46. The lowest BCUT2D eigenvalue weighted by atomic mass is 9.84. The van der Waals surface area contributed by atoms with Crippen LogP contribution in [0.25, 0.3) is 0 Å². The number of methoxy groups -OCH3 is 1. The summed E-state index contributed by atoms with van der Waals surface area (Å²) in [5.41, 5.74) is 1.77. The van der Waals surface area contributed by atoms with Gasteiger partial charge in [-0.1, -0.05) is 12.1 Å². The van der Waals surface area contributed by atoms with Gasteiger partial charge in [0.25, 0.3) is 5.69 Å². The van der Waals surface area contributed by atoms with Gasteiger partial charge in [0, 0.05) is 29.7 Å². The third-order valence-corrected chi connectivity index (χ3v) is 3.71. The van der Waals surface area contributed by atoms with Gasteiger partial charge in [-0.25, -0.2) is 4.79 Å². The van der Waals surface area contributed by atoms with E-state index in [1.54, 1.807) is 26.0 Å². The van der Waals surface area contributed by atoms with Crippen molar-refractivity contribution in [1.29, 1.82) is 0 Å². The van der Waals surface area contributed by atoms with Crippen LogP contribution in [0.1, 0.15) is 30.4 Å². The molecule has 0 saturated heterocycles. The first-order valence-electron chi connectivity index (χ1n) is 6.69. The van der Waals surface area contributed by atoms with Gasteiger partial charge < -0.3 is 10.1 Å². The molecule has 1 aliphatic heterocycles. The molecule has 0 aromatic heterocycles. The van der Waals surface area contributed by atoms with Crippen LogP contribution >= 0.6 is 0 Å². The Bertz CT molecular complexity index is 693. The molecular formula is C15H16N2O5. The lowest BCUT2D eigenvalue weighted by Crippen LogP contribution is -2.34. The first-order chi connectivity index (χ1) is 10.3. The van der Waals surface area contributed by atoms with Gasteiger partial charge >= 0.3 is 5.97 Å². The SMILES string of the molecule is COC(=O)C1=C(C)NC(=O)CC1c1ccc(C)c([N+](=O)[O-])c1. The standard InChI is InChI=1S/C15H16N2O5/c1-8-4-5-10(6-12(8)17(20)21)11-7-13(18)16-9(2)14(11)15(19)22-3/h4-6,11H,7H2,1-3H3,(H,16,18). The van der Waals surface area contributed by atoms with Crippen LogP contribution in [0.2, 0.25) is 0 Å². The Morgan fingerprint density at radius 2 is 2.09 bits per heavy atom. The van der Waals surface area contributed by atoms with Crippen LogP contribution < -0.4 is 5.32 Å². The zero-order chi connectivity index (χ0) is 16.4. The summed E-state index contributed by atoms with van der Waals surface area (Å²) in [5, 5.41) is 13.7. The third kappa shape index (κ3) is 2.83. The molecule has 1 N–H and O–H groups in total. The fourth-order valence-electron chi connectivity index (χ4n) is 2.61. The molecule has 116 valence electrons. The zero-order valence-electron chi connectivity index (χ0n) is 12.5. The average molecular weight is 304 g/mol. The minimum Gasteiger partial charge on any atom is -0.466 e.